The van der Waals surface area contributed by atoms with Crippen LogP contribution in [0.25, 0.3) is 0 Å². The fraction of sp³-hybridized carbons (Fsp3) is 0.235. The smallest absolute Gasteiger partial charge is 0.338 e. The molecule has 11 nitrogen and oxygen atoms in total. The molecule has 1 fully saturated rings. The van der Waals surface area contributed by atoms with E-state index in [2.05, 4.69) is 5.32 Å². The van der Waals surface area contributed by atoms with Crippen molar-refractivity contribution >= 4 is 64.1 Å². The number of nitrogens with one attached hydrogen (secondary N) is 1. The Balaban J connectivity index is 1.30. The molecule has 0 saturated carbocycles. The van der Waals surface area contributed by atoms with Gasteiger partial charge in [-0.05, 0) is 67.9 Å². The van der Waals surface area contributed by atoms with Gasteiger partial charge < -0.3 is 14.8 Å². The van der Waals surface area contributed by atoms with Gasteiger partial charge in [-0.2, -0.15) is 0 Å². The largest absolute Gasteiger partial charge is 0.462 e. The third kappa shape index (κ3) is 6.11. The van der Waals surface area contributed by atoms with Gasteiger partial charge in [-0.15, -0.1) is 0 Å². The molecule has 3 atom stereocenters. The molecule has 1 aromatic heterocycles. The monoisotopic (exact) mass is 671 g/mol. The second-order valence-corrected chi connectivity index (χ2v) is 12.8. The molecule has 3 amide bonds. The molecular weight excluding hydrogens is 643 g/mol. The number of rotatable bonds is 9. The van der Waals surface area contributed by atoms with Crippen molar-refractivity contribution in [1.29, 1.82) is 0 Å². The molecule has 240 valence electrons. The van der Waals surface area contributed by atoms with E-state index in [1.54, 1.807) is 26.0 Å². The van der Waals surface area contributed by atoms with Gasteiger partial charge in [0.1, 0.15) is 11.8 Å². The number of carbonyl (C=O) groups is 5. The standard InChI is InChI=1S/C34H29N3O8S2/c1-3-44-32(41)20-10-14-22(15-11-20)35-24(38)18-36-31-28(47-34(36)43)25(19-8-6-5-7-9-19)26-27(46-31)30(40)37(29(26)39)23-16-12-21(13-17-23)33(42)45-4-2/h5-17,25-27H,3-4,18H2,1-2H3,(H,35,38)/t25-,26+,27-/m0/s1. The summed E-state index contributed by atoms with van der Waals surface area (Å²) in [5, 5.41) is 2.35. The van der Waals surface area contributed by atoms with Crippen molar-refractivity contribution in [2.24, 2.45) is 5.92 Å². The van der Waals surface area contributed by atoms with Crippen molar-refractivity contribution in [3.63, 3.8) is 0 Å². The number of thiazole rings is 1. The molecule has 3 aromatic carbocycles. The van der Waals surface area contributed by atoms with Crippen molar-refractivity contribution in [1.82, 2.24) is 4.57 Å². The van der Waals surface area contributed by atoms with Crippen LogP contribution < -0.4 is 15.1 Å². The van der Waals surface area contributed by atoms with Gasteiger partial charge in [0.15, 0.2) is 0 Å². The third-order valence-electron chi connectivity index (χ3n) is 7.83. The SMILES string of the molecule is CCOC(=O)c1ccc(NC(=O)Cn2c3c(sc2=O)[C@@H](c2ccccc2)[C@H]2C(=O)N(c4ccc(C(=O)OCC)cc4)C(=O)[C@H]2S3)cc1. The lowest BCUT2D eigenvalue weighted by Crippen LogP contribution is -2.33. The minimum Gasteiger partial charge on any atom is -0.462 e. The molecule has 0 aliphatic carbocycles. The molecular formula is C34H29N3O8S2. The summed E-state index contributed by atoms with van der Waals surface area (Å²) < 4.78 is 11.4. The maximum atomic E-state index is 14.1. The highest BCUT2D eigenvalue weighted by Crippen LogP contribution is 2.53. The maximum Gasteiger partial charge on any atom is 0.338 e. The van der Waals surface area contributed by atoms with E-state index in [-0.39, 0.29) is 24.6 Å². The van der Waals surface area contributed by atoms with Crippen molar-refractivity contribution in [3.8, 4) is 0 Å². The van der Waals surface area contributed by atoms with Crippen LogP contribution in [0.5, 0.6) is 0 Å². The number of imide groups is 1. The summed E-state index contributed by atoms with van der Waals surface area (Å²) in [5.74, 6) is -3.72. The Kier molecular flexibility index (Phi) is 9.10. The Hall–Kier alpha value is -5.01. The van der Waals surface area contributed by atoms with Crippen LogP contribution in [0.2, 0.25) is 0 Å². The van der Waals surface area contributed by atoms with E-state index < -0.39 is 46.7 Å². The lowest BCUT2D eigenvalue weighted by atomic mass is 9.83. The second kappa shape index (κ2) is 13.4. The van der Waals surface area contributed by atoms with E-state index in [0.29, 0.717) is 32.4 Å². The predicted octanol–water partition coefficient (Wildman–Crippen LogP) is 4.70. The molecule has 4 aromatic rings. The van der Waals surface area contributed by atoms with E-state index >= 15 is 0 Å². The maximum absolute atomic E-state index is 14.1. The molecule has 0 bridgehead atoms. The highest BCUT2D eigenvalue weighted by Gasteiger charge is 2.56. The number of hydrogen-bond donors (Lipinski definition) is 1. The number of aromatic nitrogens is 1. The lowest BCUT2D eigenvalue weighted by molar-refractivity contribution is -0.122. The van der Waals surface area contributed by atoms with Gasteiger partial charge in [-0.1, -0.05) is 53.4 Å². The molecule has 2 aliphatic heterocycles. The molecule has 2 aliphatic rings. The number of fused-ring (bicyclic) bond motifs is 2. The summed E-state index contributed by atoms with van der Waals surface area (Å²) in [5.41, 5.74) is 2.15. The first kappa shape index (κ1) is 32.0. The van der Waals surface area contributed by atoms with Gasteiger partial charge in [0.2, 0.25) is 17.7 Å². The lowest BCUT2D eigenvalue weighted by Gasteiger charge is -2.30. The van der Waals surface area contributed by atoms with Crippen LogP contribution in [0.4, 0.5) is 11.4 Å². The minimum atomic E-state index is -0.858. The van der Waals surface area contributed by atoms with Crippen LogP contribution >= 0.6 is 23.1 Å². The zero-order valence-corrected chi connectivity index (χ0v) is 27.0. The number of anilines is 2. The number of ether oxygens (including phenoxy) is 2. The number of benzene rings is 3. The quantitative estimate of drug-likeness (QED) is 0.198. The molecule has 0 radical (unpaired) electrons. The van der Waals surface area contributed by atoms with Crippen molar-refractivity contribution < 1.29 is 33.4 Å². The fourth-order valence-electron chi connectivity index (χ4n) is 5.74. The van der Waals surface area contributed by atoms with E-state index in [0.717, 1.165) is 33.6 Å². The number of hydrogen-bond acceptors (Lipinski definition) is 10. The fourth-order valence-corrected chi connectivity index (χ4v) is 8.51. The van der Waals surface area contributed by atoms with Gasteiger partial charge in [-0.25, -0.2) is 14.5 Å². The van der Waals surface area contributed by atoms with E-state index in [9.17, 15) is 28.8 Å². The van der Waals surface area contributed by atoms with Crippen LogP contribution in [0.3, 0.4) is 0 Å². The Morgan fingerprint density at radius 1 is 0.787 bits per heavy atom. The number of nitrogens with zero attached hydrogens (tertiary/aromatic N) is 2. The molecule has 13 heteroatoms. The Morgan fingerprint density at radius 3 is 1.98 bits per heavy atom. The summed E-state index contributed by atoms with van der Waals surface area (Å²) in [7, 11) is 0. The van der Waals surface area contributed by atoms with Crippen LogP contribution in [0.15, 0.2) is 88.7 Å². The van der Waals surface area contributed by atoms with Crippen LogP contribution in [-0.4, -0.2) is 52.7 Å². The molecule has 0 spiro atoms. The zero-order chi connectivity index (χ0) is 33.2. The molecule has 1 N–H and O–H groups in total. The van der Waals surface area contributed by atoms with Crippen molar-refractivity contribution in [3.05, 3.63) is 110 Å². The molecule has 47 heavy (non-hydrogen) atoms. The molecule has 6 rings (SSSR count). The van der Waals surface area contributed by atoms with E-state index in [4.69, 9.17) is 9.47 Å². The van der Waals surface area contributed by atoms with Gasteiger partial charge in [0.05, 0.1) is 41.0 Å². The minimum absolute atomic E-state index is 0.215. The van der Waals surface area contributed by atoms with Gasteiger partial charge in [0, 0.05) is 16.5 Å². The highest BCUT2D eigenvalue weighted by molar-refractivity contribution is 8.00. The second-order valence-electron chi connectivity index (χ2n) is 10.7. The number of thioether (sulfide) groups is 1. The Labute approximate surface area is 277 Å². The van der Waals surface area contributed by atoms with E-state index in [1.807, 2.05) is 30.3 Å². The number of amides is 3. The summed E-state index contributed by atoms with van der Waals surface area (Å²) >= 11 is 2.07. The Bertz CT molecular complexity index is 1920. The summed E-state index contributed by atoms with van der Waals surface area (Å²) in [6.45, 7) is 3.55. The Morgan fingerprint density at radius 2 is 1.38 bits per heavy atom. The van der Waals surface area contributed by atoms with Crippen LogP contribution in [-0.2, 0) is 30.4 Å². The summed E-state index contributed by atoms with van der Waals surface area (Å²) in [6, 6.07) is 21.5. The van der Waals surface area contributed by atoms with Gasteiger partial charge >= 0.3 is 16.8 Å². The molecule has 3 heterocycles. The van der Waals surface area contributed by atoms with E-state index in [1.165, 1.54) is 41.0 Å². The van der Waals surface area contributed by atoms with Crippen molar-refractivity contribution in [2.45, 2.75) is 36.6 Å². The third-order valence-corrected chi connectivity index (χ3v) is 10.4. The average molecular weight is 672 g/mol. The summed E-state index contributed by atoms with van der Waals surface area (Å²) in [6.07, 6.45) is 0. The van der Waals surface area contributed by atoms with Gasteiger partial charge in [-0.3, -0.25) is 23.7 Å². The topological polar surface area (TPSA) is 141 Å². The zero-order valence-electron chi connectivity index (χ0n) is 25.3. The molecule has 0 unspecified atom stereocenters. The van der Waals surface area contributed by atoms with Crippen LogP contribution in [0.1, 0.15) is 50.9 Å². The first-order chi connectivity index (χ1) is 22.7. The highest BCUT2D eigenvalue weighted by atomic mass is 32.2. The van der Waals surface area contributed by atoms with Crippen molar-refractivity contribution in [2.75, 3.05) is 23.4 Å². The molecule has 1 saturated heterocycles. The number of carbonyl (C=O) groups excluding carboxylic acids is 5. The normalized spacial score (nSPS) is 18.3. The summed E-state index contributed by atoms with van der Waals surface area (Å²) in [4.78, 5) is 80.0. The van der Waals surface area contributed by atoms with Gasteiger partial charge in [0.25, 0.3) is 0 Å². The van der Waals surface area contributed by atoms with Crippen LogP contribution in [0, 0.1) is 5.92 Å². The number of esters is 2. The predicted molar refractivity (Wildman–Crippen MR) is 176 cm³/mol. The first-order valence-corrected chi connectivity index (χ1v) is 16.6. The first-order valence-electron chi connectivity index (χ1n) is 14.9. The average Bonchev–Trinajstić information content (AvgIpc) is 3.51.